The van der Waals surface area contributed by atoms with Crippen molar-refractivity contribution in [3.63, 3.8) is 0 Å². The zero-order valence-corrected chi connectivity index (χ0v) is 14.3. The van der Waals surface area contributed by atoms with E-state index in [-0.39, 0.29) is 6.61 Å². The maximum atomic E-state index is 11.6. The van der Waals surface area contributed by atoms with E-state index >= 15 is 0 Å². The average molecular weight is 325 g/mol. The third-order valence-electron chi connectivity index (χ3n) is 3.57. The van der Waals surface area contributed by atoms with Crippen molar-refractivity contribution in [1.82, 2.24) is 5.32 Å². The molecule has 0 saturated heterocycles. The molecule has 0 aliphatic heterocycles. The molecule has 4 nitrogen and oxygen atoms in total. The smallest absolute Gasteiger partial charge is 0.407 e. The molecule has 0 fully saturated rings. The van der Waals surface area contributed by atoms with Gasteiger partial charge in [0.25, 0.3) is 0 Å². The third-order valence-corrected chi connectivity index (χ3v) is 3.57. The quantitative estimate of drug-likeness (QED) is 0.863. The predicted molar refractivity (Wildman–Crippen MR) is 96.1 cm³/mol. The fraction of sp³-hybridized carbons (Fsp3) is 0.250. The van der Waals surface area contributed by atoms with Crippen LogP contribution >= 0.6 is 0 Å². The van der Waals surface area contributed by atoms with E-state index in [0.29, 0.717) is 6.54 Å². The number of rotatable bonds is 6. The van der Waals surface area contributed by atoms with E-state index in [0.717, 1.165) is 28.0 Å². The third kappa shape index (κ3) is 5.16. The molecule has 4 heteroatoms. The van der Waals surface area contributed by atoms with Crippen LogP contribution in [0.1, 0.15) is 22.3 Å². The minimum absolute atomic E-state index is 0.271. The summed E-state index contributed by atoms with van der Waals surface area (Å²) < 4.78 is 10.5. The van der Waals surface area contributed by atoms with Crippen molar-refractivity contribution >= 4 is 12.2 Å². The minimum Gasteiger partial charge on any atom is -0.496 e. The summed E-state index contributed by atoms with van der Waals surface area (Å²) in [6.07, 6.45) is 3.44. The van der Waals surface area contributed by atoms with Gasteiger partial charge in [-0.25, -0.2) is 4.79 Å². The average Bonchev–Trinajstić information content (AvgIpc) is 2.57. The molecule has 0 aliphatic rings. The number of amides is 1. The van der Waals surface area contributed by atoms with Gasteiger partial charge in [-0.15, -0.1) is 0 Å². The first-order valence-corrected chi connectivity index (χ1v) is 7.86. The largest absolute Gasteiger partial charge is 0.496 e. The minimum atomic E-state index is -0.425. The molecule has 126 valence electrons. The standard InChI is InChI=1S/C20H23NO3/c1-15-12-18(13-16(2)19(15)23-3)10-7-11-21-20(22)24-14-17-8-5-4-6-9-17/h4-10,12-13H,11,14H2,1-3H3,(H,21,22). The lowest BCUT2D eigenvalue weighted by Crippen LogP contribution is -2.24. The molecule has 1 N–H and O–H groups in total. The molecule has 0 aliphatic carbocycles. The van der Waals surface area contributed by atoms with Crippen molar-refractivity contribution in [2.75, 3.05) is 13.7 Å². The van der Waals surface area contributed by atoms with Crippen LogP contribution in [-0.2, 0) is 11.3 Å². The number of benzene rings is 2. The van der Waals surface area contributed by atoms with Crippen LogP contribution in [0.3, 0.4) is 0 Å². The number of hydrogen-bond donors (Lipinski definition) is 1. The van der Waals surface area contributed by atoms with Crippen LogP contribution in [0.25, 0.3) is 6.08 Å². The Morgan fingerprint density at radius 1 is 1.12 bits per heavy atom. The number of nitrogens with one attached hydrogen (secondary N) is 1. The van der Waals surface area contributed by atoms with Gasteiger partial charge in [0.15, 0.2) is 0 Å². The fourth-order valence-electron chi connectivity index (χ4n) is 2.51. The summed E-state index contributed by atoms with van der Waals surface area (Å²) in [7, 11) is 1.68. The first-order valence-electron chi connectivity index (χ1n) is 7.86. The zero-order chi connectivity index (χ0) is 17.4. The van der Waals surface area contributed by atoms with Gasteiger partial charge in [-0.05, 0) is 48.2 Å². The summed E-state index contributed by atoms with van der Waals surface area (Å²) in [5, 5.41) is 2.70. The number of methoxy groups -OCH3 is 1. The van der Waals surface area contributed by atoms with E-state index in [9.17, 15) is 4.79 Å². The van der Waals surface area contributed by atoms with Gasteiger partial charge in [-0.3, -0.25) is 0 Å². The topological polar surface area (TPSA) is 47.6 Å². The van der Waals surface area contributed by atoms with Crippen LogP contribution < -0.4 is 10.1 Å². The van der Waals surface area contributed by atoms with Crippen LogP contribution in [0.4, 0.5) is 4.79 Å². The second kappa shape index (κ2) is 8.77. The second-order valence-corrected chi connectivity index (χ2v) is 5.53. The van der Waals surface area contributed by atoms with E-state index in [4.69, 9.17) is 9.47 Å². The Morgan fingerprint density at radius 2 is 1.79 bits per heavy atom. The van der Waals surface area contributed by atoms with Gasteiger partial charge in [0, 0.05) is 6.54 Å². The Hall–Kier alpha value is -2.75. The molecule has 0 radical (unpaired) electrons. The summed E-state index contributed by atoms with van der Waals surface area (Å²) >= 11 is 0. The maximum Gasteiger partial charge on any atom is 0.407 e. The molecule has 2 aromatic rings. The normalized spacial score (nSPS) is 10.6. The van der Waals surface area contributed by atoms with E-state index in [1.165, 1.54) is 0 Å². The summed E-state index contributed by atoms with van der Waals surface area (Å²) in [5.74, 6) is 0.912. The fourth-order valence-corrected chi connectivity index (χ4v) is 2.51. The van der Waals surface area contributed by atoms with Crippen molar-refractivity contribution in [3.05, 3.63) is 70.8 Å². The first kappa shape index (κ1) is 17.6. The van der Waals surface area contributed by atoms with Gasteiger partial charge in [0.2, 0.25) is 0 Å². The van der Waals surface area contributed by atoms with Crippen molar-refractivity contribution in [1.29, 1.82) is 0 Å². The molecule has 0 bridgehead atoms. The number of carbonyl (C=O) groups is 1. The second-order valence-electron chi connectivity index (χ2n) is 5.53. The van der Waals surface area contributed by atoms with Gasteiger partial charge in [-0.1, -0.05) is 42.5 Å². The summed E-state index contributed by atoms with van der Waals surface area (Å²) in [5.41, 5.74) is 4.22. The Bertz CT molecular complexity index is 685. The van der Waals surface area contributed by atoms with Gasteiger partial charge >= 0.3 is 6.09 Å². The Labute approximate surface area is 143 Å². The Morgan fingerprint density at radius 3 is 2.42 bits per heavy atom. The molecule has 0 heterocycles. The lowest BCUT2D eigenvalue weighted by atomic mass is 10.1. The van der Waals surface area contributed by atoms with E-state index in [2.05, 4.69) is 17.4 Å². The van der Waals surface area contributed by atoms with Crippen LogP contribution in [0.5, 0.6) is 5.75 Å². The molecule has 2 rings (SSSR count). The molecule has 0 aromatic heterocycles. The van der Waals surface area contributed by atoms with Gasteiger partial charge in [-0.2, -0.15) is 0 Å². The Kier molecular flexibility index (Phi) is 6.43. The van der Waals surface area contributed by atoms with Crippen molar-refractivity contribution < 1.29 is 14.3 Å². The highest BCUT2D eigenvalue weighted by Gasteiger charge is 2.04. The van der Waals surface area contributed by atoms with E-state index in [1.54, 1.807) is 7.11 Å². The summed E-state index contributed by atoms with van der Waals surface area (Å²) in [4.78, 5) is 11.6. The number of carbonyl (C=O) groups excluding carboxylic acids is 1. The van der Waals surface area contributed by atoms with Gasteiger partial charge in [0.1, 0.15) is 12.4 Å². The van der Waals surface area contributed by atoms with Crippen molar-refractivity contribution in [2.45, 2.75) is 20.5 Å². The van der Waals surface area contributed by atoms with Crippen LogP contribution in [0.15, 0.2) is 48.5 Å². The van der Waals surface area contributed by atoms with Gasteiger partial charge < -0.3 is 14.8 Å². The molecule has 2 aromatic carbocycles. The number of aryl methyl sites for hydroxylation is 2. The molecule has 0 saturated carbocycles. The Balaban J connectivity index is 1.79. The monoisotopic (exact) mass is 325 g/mol. The first-order chi connectivity index (χ1) is 11.6. The lowest BCUT2D eigenvalue weighted by Gasteiger charge is -2.09. The molecule has 24 heavy (non-hydrogen) atoms. The highest BCUT2D eigenvalue weighted by molar-refractivity contribution is 5.67. The van der Waals surface area contributed by atoms with E-state index in [1.807, 2.05) is 56.3 Å². The summed E-state index contributed by atoms with van der Waals surface area (Å²) in [6.45, 7) is 4.72. The maximum absolute atomic E-state index is 11.6. The number of ether oxygens (including phenoxy) is 2. The summed E-state index contributed by atoms with van der Waals surface area (Å²) in [6, 6.07) is 13.7. The molecular formula is C20H23NO3. The van der Waals surface area contributed by atoms with Crippen LogP contribution in [0.2, 0.25) is 0 Å². The van der Waals surface area contributed by atoms with E-state index < -0.39 is 6.09 Å². The molecule has 0 spiro atoms. The zero-order valence-electron chi connectivity index (χ0n) is 14.3. The molecule has 1 amide bonds. The predicted octanol–water partition coefficient (Wildman–Crippen LogP) is 4.25. The SMILES string of the molecule is COc1c(C)cc(C=CCNC(=O)OCc2ccccc2)cc1C. The highest BCUT2D eigenvalue weighted by atomic mass is 16.5. The van der Waals surface area contributed by atoms with Crippen LogP contribution in [0, 0.1) is 13.8 Å². The highest BCUT2D eigenvalue weighted by Crippen LogP contribution is 2.24. The van der Waals surface area contributed by atoms with Crippen molar-refractivity contribution in [2.24, 2.45) is 0 Å². The number of alkyl carbamates (subject to hydrolysis) is 1. The molecule has 0 unspecified atom stereocenters. The van der Waals surface area contributed by atoms with Crippen molar-refractivity contribution in [3.8, 4) is 5.75 Å². The van der Waals surface area contributed by atoms with Crippen LogP contribution in [-0.4, -0.2) is 19.7 Å². The number of hydrogen-bond acceptors (Lipinski definition) is 3. The molecule has 0 atom stereocenters. The molecular weight excluding hydrogens is 302 g/mol. The lowest BCUT2D eigenvalue weighted by molar-refractivity contribution is 0.141. The van der Waals surface area contributed by atoms with Gasteiger partial charge in [0.05, 0.1) is 7.11 Å².